The second-order valence-electron chi connectivity index (χ2n) is 13.5. The van der Waals surface area contributed by atoms with Crippen molar-refractivity contribution in [2.45, 2.75) is 38.3 Å². The van der Waals surface area contributed by atoms with Crippen molar-refractivity contribution in [1.29, 1.82) is 0 Å². The number of benzene rings is 5. The second-order valence-corrected chi connectivity index (χ2v) is 14.5. The topological polar surface area (TPSA) is 136 Å². The molecular formula is C43H43N5O5S. The molecular weight excluding hydrogens is 699 g/mol. The van der Waals surface area contributed by atoms with Crippen LogP contribution in [0.4, 0.5) is 16.2 Å². The van der Waals surface area contributed by atoms with Crippen LogP contribution in [0.1, 0.15) is 39.9 Å². The Bertz CT molecular complexity index is 2250. The fraction of sp³-hybridized carbons (Fsp3) is 0.233. The number of likely N-dealkylation sites (tertiary alicyclic amines) is 1. The Morgan fingerprint density at radius 1 is 0.815 bits per heavy atom. The summed E-state index contributed by atoms with van der Waals surface area (Å²) in [7, 11) is 0. The Labute approximate surface area is 317 Å². The summed E-state index contributed by atoms with van der Waals surface area (Å²) in [4.78, 5) is 42.4. The van der Waals surface area contributed by atoms with Gasteiger partial charge in [-0.3, -0.25) is 14.9 Å². The molecule has 1 aliphatic heterocycles. The Kier molecular flexibility index (Phi) is 11.8. The molecule has 1 aliphatic rings. The highest BCUT2D eigenvalue weighted by Crippen LogP contribution is 2.29. The zero-order valence-electron chi connectivity index (χ0n) is 29.8. The molecule has 0 unspecified atom stereocenters. The van der Waals surface area contributed by atoms with E-state index in [9.17, 15) is 19.5 Å². The van der Waals surface area contributed by atoms with Crippen LogP contribution in [0.5, 0.6) is 5.75 Å². The van der Waals surface area contributed by atoms with E-state index in [1.54, 1.807) is 6.07 Å². The molecule has 10 nitrogen and oxygen atoms in total. The lowest BCUT2D eigenvalue weighted by molar-refractivity contribution is 0.0593. The van der Waals surface area contributed by atoms with Crippen LogP contribution in [-0.4, -0.2) is 59.3 Å². The number of H-pyrrole nitrogens is 1. The number of para-hydroxylation sites is 1. The largest absolute Gasteiger partial charge is 0.506 e. The van der Waals surface area contributed by atoms with Gasteiger partial charge in [-0.05, 0) is 90.9 Å². The van der Waals surface area contributed by atoms with Gasteiger partial charge in [-0.1, -0.05) is 90.2 Å². The maximum absolute atomic E-state index is 12.9. The zero-order valence-corrected chi connectivity index (χ0v) is 30.7. The third-order valence-electron chi connectivity index (χ3n) is 9.74. The summed E-state index contributed by atoms with van der Waals surface area (Å²) >= 11 is 1.11. The van der Waals surface area contributed by atoms with Crippen LogP contribution in [0.15, 0.2) is 120 Å². The van der Waals surface area contributed by atoms with Crippen molar-refractivity contribution >= 4 is 44.9 Å². The number of fused-ring (bicyclic) bond motifs is 1. The molecule has 2 heterocycles. The number of ether oxygens (including phenoxy) is 1. The van der Waals surface area contributed by atoms with Gasteiger partial charge in [-0.25, -0.2) is 4.79 Å². The van der Waals surface area contributed by atoms with E-state index in [2.05, 4.69) is 38.0 Å². The number of thiazole rings is 1. The normalized spacial score (nSPS) is 13.5. The van der Waals surface area contributed by atoms with Gasteiger partial charge in [0.2, 0.25) is 0 Å². The van der Waals surface area contributed by atoms with E-state index in [1.165, 1.54) is 5.56 Å². The molecule has 0 spiro atoms. The van der Waals surface area contributed by atoms with Crippen molar-refractivity contribution in [3.63, 3.8) is 0 Å². The van der Waals surface area contributed by atoms with E-state index < -0.39 is 6.09 Å². The maximum atomic E-state index is 12.9. The fourth-order valence-corrected chi connectivity index (χ4v) is 7.65. The molecule has 0 saturated carbocycles. The number of hydrogen-bond acceptors (Lipinski definition) is 8. The molecule has 6 aromatic rings. The highest BCUT2D eigenvalue weighted by Gasteiger charge is 2.23. The van der Waals surface area contributed by atoms with E-state index >= 15 is 0 Å². The number of nitrogens with zero attached hydrogens (tertiary/aromatic N) is 1. The summed E-state index contributed by atoms with van der Waals surface area (Å²) < 4.78 is 6.59. The van der Waals surface area contributed by atoms with E-state index in [-0.39, 0.29) is 22.6 Å². The van der Waals surface area contributed by atoms with Crippen molar-refractivity contribution in [3.05, 3.63) is 147 Å². The smallest absolute Gasteiger partial charge is 0.411 e. The van der Waals surface area contributed by atoms with Crippen LogP contribution in [0.3, 0.4) is 0 Å². The average Bonchev–Trinajstić information content (AvgIpc) is 3.61. The van der Waals surface area contributed by atoms with Crippen LogP contribution in [0.25, 0.3) is 21.3 Å². The number of aromatic nitrogens is 1. The third kappa shape index (κ3) is 9.42. The third-order valence-corrected chi connectivity index (χ3v) is 10.7. The maximum Gasteiger partial charge on any atom is 0.411 e. The first-order chi connectivity index (χ1) is 26.4. The van der Waals surface area contributed by atoms with Gasteiger partial charge in [0.05, 0.1) is 10.4 Å². The molecule has 1 fully saturated rings. The first-order valence-electron chi connectivity index (χ1n) is 18.3. The first kappa shape index (κ1) is 36.6. The number of phenolic OH excluding ortho intramolecular Hbond substituents is 1. The number of anilines is 2. The molecule has 276 valence electrons. The first-order valence-corrected chi connectivity index (χ1v) is 19.1. The van der Waals surface area contributed by atoms with Crippen molar-refractivity contribution in [1.82, 2.24) is 15.2 Å². The minimum Gasteiger partial charge on any atom is -0.506 e. The Hall–Kier alpha value is -5.75. The van der Waals surface area contributed by atoms with Gasteiger partial charge in [0.25, 0.3) is 5.91 Å². The zero-order chi connectivity index (χ0) is 37.3. The van der Waals surface area contributed by atoms with Crippen molar-refractivity contribution in [3.8, 4) is 16.9 Å². The molecule has 5 N–H and O–H groups in total. The molecule has 7 rings (SSSR count). The van der Waals surface area contributed by atoms with Crippen LogP contribution >= 0.6 is 11.3 Å². The number of aromatic hydroxyl groups is 1. The minimum absolute atomic E-state index is 0.0825. The summed E-state index contributed by atoms with van der Waals surface area (Å²) in [5, 5.41) is 19.4. The summed E-state index contributed by atoms with van der Waals surface area (Å²) in [5.41, 5.74) is 7.80. The molecule has 0 bridgehead atoms. The number of hydrogen-bond donors (Lipinski definition) is 5. The molecule has 0 aliphatic carbocycles. The standard InChI is InChI=1S/C43H43N5O5S/c49-38-19-16-32(40-39(38)47-43(52)54-40)20-24-44-28-30-10-14-33(15-11-30)41(50)45-34-17-12-29(13-18-34)21-25-48-26-22-35(23-27-48)53-42(51)46-37-9-5-4-8-36(37)31-6-2-1-3-7-31/h1-19,35,44,49H,20-28H2,(H,45,50)(H,46,51)(H,47,52). The van der Waals surface area contributed by atoms with Crippen molar-refractivity contribution in [2.75, 3.05) is 36.8 Å². The van der Waals surface area contributed by atoms with E-state index in [0.717, 1.165) is 88.6 Å². The predicted molar refractivity (Wildman–Crippen MR) is 216 cm³/mol. The van der Waals surface area contributed by atoms with Crippen molar-refractivity contribution in [2.24, 2.45) is 0 Å². The van der Waals surface area contributed by atoms with E-state index in [1.807, 2.05) is 97.1 Å². The summed E-state index contributed by atoms with van der Waals surface area (Å²) in [6.07, 6.45) is 2.65. The number of rotatable bonds is 13. The van der Waals surface area contributed by atoms with Crippen molar-refractivity contribution < 1.29 is 19.4 Å². The van der Waals surface area contributed by atoms with Gasteiger partial charge < -0.3 is 30.4 Å². The molecule has 11 heteroatoms. The lowest BCUT2D eigenvalue weighted by Crippen LogP contribution is -2.39. The van der Waals surface area contributed by atoms with Gasteiger partial charge in [-0.15, -0.1) is 0 Å². The number of carbonyl (C=O) groups is 2. The minimum atomic E-state index is -0.422. The molecule has 5 aromatic carbocycles. The Morgan fingerprint density at radius 3 is 2.31 bits per heavy atom. The summed E-state index contributed by atoms with van der Waals surface area (Å²) in [5.74, 6) is -0.0812. The monoisotopic (exact) mass is 741 g/mol. The lowest BCUT2D eigenvalue weighted by Gasteiger charge is -2.31. The summed E-state index contributed by atoms with van der Waals surface area (Å²) in [6, 6.07) is 36.7. The quantitative estimate of drug-likeness (QED) is 0.0763. The van der Waals surface area contributed by atoms with E-state index in [0.29, 0.717) is 30.6 Å². The molecule has 54 heavy (non-hydrogen) atoms. The second kappa shape index (κ2) is 17.4. The van der Waals surface area contributed by atoms with Gasteiger partial charge in [-0.2, -0.15) is 0 Å². The average molecular weight is 742 g/mol. The molecule has 1 aromatic heterocycles. The van der Waals surface area contributed by atoms with Gasteiger partial charge in [0.1, 0.15) is 17.4 Å². The number of carbonyl (C=O) groups excluding carboxylic acids is 2. The number of amides is 2. The van der Waals surface area contributed by atoms with Crippen LogP contribution in [-0.2, 0) is 24.1 Å². The van der Waals surface area contributed by atoms with Crippen LogP contribution < -0.4 is 20.8 Å². The highest BCUT2D eigenvalue weighted by molar-refractivity contribution is 7.16. The number of nitrogens with one attached hydrogen (secondary N) is 4. The molecule has 0 atom stereocenters. The van der Waals surface area contributed by atoms with E-state index in [4.69, 9.17) is 4.74 Å². The van der Waals surface area contributed by atoms with Gasteiger partial charge in [0.15, 0.2) is 0 Å². The lowest BCUT2D eigenvalue weighted by atomic mass is 10.0. The fourth-order valence-electron chi connectivity index (χ4n) is 6.75. The number of piperidine rings is 1. The SMILES string of the molecule is O=C(Nc1ccccc1-c1ccccc1)OC1CCN(CCc2ccc(NC(=O)c3ccc(CNCCc4ccc(O)c5[nH]c(=O)sc45)cc3)cc2)CC1. The Balaban J connectivity index is 0.799. The molecule has 2 amide bonds. The number of aromatic amines is 1. The number of phenols is 1. The summed E-state index contributed by atoms with van der Waals surface area (Å²) in [6.45, 7) is 3.98. The highest BCUT2D eigenvalue weighted by atomic mass is 32.1. The van der Waals surface area contributed by atoms with Crippen LogP contribution in [0.2, 0.25) is 0 Å². The molecule has 1 saturated heterocycles. The Morgan fingerprint density at radius 2 is 1.54 bits per heavy atom. The predicted octanol–water partition coefficient (Wildman–Crippen LogP) is 7.80. The van der Waals surface area contributed by atoms with Gasteiger partial charge in [0, 0.05) is 43.0 Å². The van der Waals surface area contributed by atoms with Crippen LogP contribution in [0, 0.1) is 0 Å². The molecule has 0 radical (unpaired) electrons. The van der Waals surface area contributed by atoms with Gasteiger partial charge >= 0.3 is 11.0 Å².